The lowest BCUT2D eigenvalue weighted by Gasteiger charge is -2.38. The van der Waals surface area contributed by atoms with E-state index in [-0.39, 0.29) is 37.8 Å². The third kappa shape index (κ3) is 5.89. The molecule has 2 aliphatic rings. The maximum atomic E-state index is 13.1. The van der Waals surface area contributed by atoms with Gasteiger partial charge in [-0.1, -0.05) is 0 Å². The molecule has 0 radical (unpaired) electrons. The maximum absolute atomic E-state index is 13.1. The summed E-state index contributed by atoms with van der Waals surface area (Å²) in [4.78, 5) is 31.4. The van der Waals surface area contributed by atoms with E-state index in [1.165, 1.54) is 6.92 Å². The highest BCUT2D eigenvalue weighted by Crippen LogP contribution is 2.39. The van der Waals surface area contributed by atoms with Gasteiger partial charge in [-0.05, 0) is 13.0 Å². The fourth-order valence-electron chi connectivity index (χ4n) is 4.07. The maximum Gasteiger partial charge on any atom is 0.425 e. The van der Waals surface area contributed by atoms with Crippen LogP contribution in [-0.2, 0) is 21.9 Å². The molecule has 4 rings (SSSR count). The number of anilines is 2. The summed E-state index contributed by atoms with van der Waals surface area (Å²) in [6, 6.07) is 0.989. The Bertz CT molecular complexity index is 1200. The first-order chi connectivity index (χ1) is 17.3. The van der Waals surface area contributed by atoms with Crippen LogP contribution in [0, 0.1) is 0 Å². The number of hydrogen-bond acceptors (Lipinski definition) is 8. The van der Waals surface area contributed by atoms with Crippen molar-refractivity contribution in [2.24, 2.45) is 0 Å². The van der Waals surface area contributed by atoms with Gasteiger partial charge >= 0.3 is 12.4 Å². The van der Waals surface area contributed by atoms with E-state index in [1.807, 2.05) is 0 Å². The second kappa shape index (κ2) is 10.1. The predicted octanol–water partition coefficient (Wildman–Crippen LogP) is 2.48. The largest absolute Gasteiger partial charge is 0.486 e. The van der Waals surface area contributed by atoms with Crippen LogP contribution in [0.15, 0.2) is 23.3 Å². The number of nitrogens with one attached hydrogen (secondary N) is 2. The van der Waals surface area contributed by atoms with Crippen molar-refractivity contribution in [3.63, 3.8) is 0 Å². The van der Waals surface area contributed by atoms with Crippen LogP contribution in [0.2, 0.25) is 0 Å². The Morgan fingerprint density at radius 2 is 1.95 bits per heavy atom. The molecule has 2 aromatic heterocycles. The van der Waals surface area contributed by atoms with Crippen LogP contribution in [0.25, 0.3) is 0 Å². The lowest BCUT2D eigenvalue weighted by atomic mass is 10.2. The monoisotopic (exact) mass is 536 g/mol. The second-order valence-corrected chi connectivity index (χ2v) is 8.48. The summed E-state index contributed by atoms with van der Waals surface area (Å²) in [6.45, 7) is 2.15. The Morgan fingerprint density at radius 1 is 1.19 bits per heavy atom. The Kier molecular flexibility index (Phi) is 7.21. The van der Waals surface area contributed by atoms with Crippen LogP contribution in [0.4, 0.5) is 37.8 Å². The Balaban J connectivity index is 1.24. The third-order valence-corrected chi connectivity index (χ3v) is 5.77. The molecule has 2 atom stereocenters. The van der Waals surface area contributed by atoms with E-state index in [4.69, 9.17) is 9.47 Å². The number of rotatable bonds is 7. The summed E-state index contributed by atoms with van der Waals surface area (Å²) in [6.07, 6.45) is -9.26. The summed E-state index contributed by atoms with van der Waals surface area (Å²) >= 11 is 0. The molecule has 10 nitrogen and oxygen atoms in total. The highest BCUT2D eigenvalue weighted by atomic mass is 19.4. The number of alkyl halides is 6. The van der Waals surface area contributed by atoms with Gasteiger partial charge in [0.1, 0.15) is 12.3 Å². The van der Waals surface area contributed by atoms with E-state index in [9.17, 15) is 35.9 Å². The first-order valence-corrected chi connectivity index (χ1v) is 11.1. The normalized spacial score (nSPS) is 18.2. The molecule has 1 fully saturated rings. The number of carbonyl (C=O) groups excluding carboxylic acids is 1. The van der Waals surface area contributed by atoms with Crippen molar-refractivity contribution < 1.29 is 40.6 Å². The summed E-state index contributed by atoms with van der Waals surface area (Å²) in [7, 11) is 0. The molecule has 202 valence electrons. The van der Waals surface area contributed by atoms with Gasteiger partial charge in [0, 0.05) is 19.3 Å². The number of hydrogen-bond donors (Lipinski definition) is 2. The third-order valence-electron chi connectivity index (χ3n) is 5.77. The molecule has 37 heavy (non-hydrogen) atoms. The molecule has 0 spiro atoms. The second-order valence-electron chi connectivity index (χ2n) is 8.48. The topological polar surface area (TPSA) is 113 Å². The highest BCUT2D eigenvalue weighted by Gasteiger charge is 2.40. The van der Waals surface area contributed by atoms with Crippen LogP contribution in [0.1, 0.15) is 24.5 Å². The van der Waals surface area contributed by atoms with E-state index in [2.05, 4.69) is 15.4 Å². The molecular formula is C21H22F6N6O4. The van der Waals surface area contributed by atoms with Crippen molar-refractivity contribution in [1.29, 1.82) is 0 Å². The molecule has 0 saturated carbocycles. The number of ether oxygens (including phenoxy) is 2. The molecule has 2 N–H and O–H groups in total. The summed E-state index contributed by atoms with van der Waals surface area (Å²) < 4.78 is 88.7. The van der Waals surface area contributed by atoms with Gasteiger partial charge in [0.25, 0.3) is 5.56 Å². The molecule has 2 aliphatic heterocycles. The van der Waals surface area contributed by atoms with E-state index in [0.29, 0.717) is 18.9 Å². The molecule has 0 bridgehead atoms. The van der Waals surface area contributed by atoms with Crippen molar-refractivity contribution in [2.75, 3.05) is 43.1 Å². The molecule has 1 saturated heterocycles. The lowest BCUT2D eigenvalue weighted by molar-refractivity contribution is -0.141. The Hall–Kier alpha value is -3.56. The summed E-state index contributed by atoms with van der Waals surface area (Å²) in [5.41, 5.74) is -3.56. The minimum Gasteiger partial charge on any atom is -0.486 e. The van der Waals surface area contributed by atoms with Gasteiger partial charge in [-0.15, -0.1) is 0 Å². The number of halogens is 6. The van der Waals surface area contributed by atoms with Crippen LogP contribution in [0.3, 0.4) is 0 Å². The number of nitrogens with zero attached hydrogens (tertiary/aromatic N) is 4. The molecule has 1 amide bonds. The lowest BCUT2D eigenvalue weighted by Crippen LogP contribution is -2.55. The van der Waals surface area contributed by atoms with Crippen LogP contribution >= 0.6 is 0 Å². The van der Waals surface area contributed by atoms with Crippen molar-refractivity contribution in [3.8, 4) is 5.75 Å². The van der Waals surface area contributed by atoms with Gasteiger partial charge in [0.2, 0.25) is 5.91 Å². The number of fused-ring (bicyclic) bond motifs is 3. The summed E-state index contributed by atoms with van der Waals surface area (Å²) in [5.74, 6) is -0.594. The van der Waals surface area contributed by atoms with Gasteiger partial charge in [-0.3, -0.25) is 9.59 Å². The average Bonchev–Trinajstić information content (AvgIpc) is 3.17. The SMILES string of the molecule is CC(COCCC(=O)N1CCN2c3ncc(C(F)(F)F)cc3NC2C1)Oc1cn[nH]c(=O)c1C(F)(F)F. The van der Waals surface area contributed by atoms with Gasteiger partial charge < -0.3 is 24.6 Å². The van der Waals surface area contributed by atoms with Crippen molar-refractivity contribution in [3.05, 3.63) is 39.9 Å². The van der Waals surface area contributed by atoms with E-state index < -0.39 is 47.1 Å². The minimum absolute atomic E-state index is 0.0246. The molecule has 16 heteroatoms. The predicted molar refractivity (Wildman–Crippen MR) is 116 cm³/mol. The first-order valence-electron chi connectivity index (χ1n) is 11.1. The number of H-pyrrole nitrogens is 1. The molecule has 0 aromatic carbocycles. The fraction of sp³-hybridized carbons (Fsp3) is 0.524. The first kappa shape index (κ1) is 26.5. The number of aromatic nitrogens is 3. The van der Waals surface area contributed by atoms with Crippen LogP contribution in [-0.4, -0.2) is 71.1 Å². The van der Waals surface area contributed by atoms with Gasteiger partial charge in [0.05, 0.1) is 43.6 Å². The zero-order valence-corrected chi connectivity index (χ0v) is 19.3. The minimum atomic E-state index is -4.94. The zero-order valence-electron chi connectivity index (χ0n) is 19.3. The highest BCUT2D eigenvalue weighted by molar-refractivity contribution is 5.78. The Morgan fingerprint density at radius 3 is 2.65 bits per heavy atom. The Labute approximate surface area is 205 Å². The molecule has 0 aliphatic carbocycles. The number of piperazine rings is 1. The molecule has 2 aromatic rings. The van der Waals surface area contributed by atoms with Crippen molar-refractivity contribution >= 4 is 17.4 Å². The molecule has 4 heterocycles. The number of aromatic amines is 1. The smallest absolute Gasteiger partial charge is 0.425 e. The number of carbonyl (C=O) groups is 1. The van der Waals surface area contributed by atoms with Gasteiger partial charge in [-0.25, -0.2) is 10.1 Å². The van der Waals surface area contributed by atoms with Crippen molar-refractivity contribution in [1.82, 2.24) is 20.1 Å². The van der Waals surface area contributed by atoms with Crippen molar-refractivity contribution in [2.45, 2.75) is 38.0 Å². The zero-order chi connectivity index (χ0) is 27.0. The fourth-order valence-corrected chi connectivity index (χ4v) is 4.07. The van der Waals surface area contributed by atoms with E-state index >= 15 is 0 Å². The average molecular weight is 536 g/mol. The molecular weight excluding hydrogens is 514 g/mol. The van der Waals surface area contributed by atoms with E-state index in [0.717, 1.165) is 18.5 Å². The number of amides is 1. The van der Waals surface area contributed by atoms with E-state index in [1.54, 1.807) is 14.9 Å². The van der Waals surface area contributed by atoms with Crippen LogP contribution < -0.4 is 20.5 Å². The van der Waals surface area contributed by atoms with Gasteiger partial charge in [0.15, 0.2) is 17.1 Å². The quantitative estimate of drug-likeness (QED) is 0.410. The summed E-state index contributed by atoms with van der Waals surface area (Å²) in [5, 5.41) is 8.00. The van der Waals surface area contributed by atoms with Gasteiger partial charge in [-0.2, -0.15) is 31.4 Å². The van der Waals surface area contributed by atoms with Crippen LogP contribution in [0.5, 0.6) is 5.75 Å². The standard InChI is InChI=1S/C21H22F6N6O4/c1-11(37-14-8-29-31-19(35)17(14)21(25,26)27)10-36-5-2-16(34)32-3-4-33-15(9-32)30-13-6-12(20(22,23)24)7-28-18(13)33/h6-8,11,15,30H,2-5,9-10H2,1H3,(H,31,35). The number of pyridine rings is 1. The molecule has 2 unspecified atom stereocenters.